The first-order valence-corrected chi connectivity index (χ1v) is 24.6. The van der Waals surface area contributed by atoms with E-state index in [4.69, 9.17) is 36.1 Å². The molecule has 0 aromatic carbocycles. The number of hydrogen-bond acceptors (Lipinski definition) is 2. The van der Waals surface area contributed by atoms with Crippen molar-refractivity contribution in [3.05, 3.63) is 26.6 Å². The molecular weight excluding hydrogens is 718 g/mol. The molecule has 6 rings (SSSR count). The van der Waals surface area contributed by atoms with Crippen molar-refractivity contribution in [3.8, 4) is 0 Å². The Morgan fingerprint density at radius 1 is 0.745 bits per heavy atom. The predicted octanol–water partition coefficient (Wildman–Crippen LogP) is 10.7. The van der Waals surface area contributed by atoms with Gasteiger partial charge in [0.25, 0.3) is 0 Å². The third kappa shape index (κ3) is 11.7. The van der Waals surface area contributed by atoms with Gasteiger partial charge in [0, 0.05) is 0 Å². The van der Waals surface area contributed by atoms with Crippen molar-refractivity contribution in [2.75, 3.05) is 58.9 Å². The Kier molecular flexibility index (Phi) is 18.5. The monoisotopic (exact) mass is 790 g/mol. The zero-order valence-corrected chi connectivity index (χ0v) is 35.2. The van der Waals surface area contributed by atoms with Crippen LogP contribution in [0.15, 0.2) is 0 Å². The third-order valence-electron chi connectivity index (χ3n) is 15.2. The van der Waals surface area contributed by atoms with Gasteiger partial charge in [0.1, 0.15) is 0 Å². The Hall–Kier alpha value is 0.819. The van der Waals surface area contributed by atoms with Gasteiger partial charge in [-0.3, -0.25) is 0 Å². The van der Waals surface area contributed by atoms with E-state index >= 15 is 0 Å². The minimum atomic E-state index is -0.0320. The SMILES string of the molecule is C[C@H](CCCNCCC[C@H]1C[N-][C@@H]2CCCC[C@H]2[N-]CC[N-]CC[N-]CC[N-]1)[C@H]1CCC2C3CCC4C[C@H](O)CC[C@]4(C)C3CC[C@@]21C.[Cl][Mn][Cl]. The van der Waals surface area contributed by atoms with Crippen molar-refractivity contribution in [3.63, 3.8) is 0 Å². The topological polar surface area (TPSA) is 103 Å². The second-order valence-corrected chi connectivity index (χ2v) is 19.9. The van der Waals surface area contributed by atoms with Gasteiger partial charge in [-0.25, -0.2) is 0 Å². The zero-order valence-electron chi connectivity index (χ0n) is 32.5. The van der Waals surface area contributed by atoms with Crippen molar-refractivity contribution in [2.45, 2.75) is 154 Å². The van der Waals surface area contributed by atoms with E-state index in [1.54, 1.807) is 0 Å². The van der Waals surface area contributed by atoms with Crippen LogP contribution in [-0.2, 0) is 13.1 Å². The quantitative estimate of drug-likeness (QED) is 0.179. The van der Waals surface area contributed by atoms with Crippen LogP contribution in [0.1, 0.15) is 130 Å². The summed E-state index contributed by atoms with van der Waals surface area (Å²) in [6.45, 7) is 16.1. The zero-order chi connectivity index (χ0) is 36.1. The number of aliphatic hydroxyl groups is 1. The number of nitrogens with zero attached hydrogens (tertiary/aromatic N) is 5. The van der Waals surface area contributed by atoms with E-state index in [1.807, 2.05) is 0 Å². The number of nitrogens with one attached hydrogen (secondary N) is 1. The molecule has 299 valence electrons. The number of fused-ring (bicyclic) bond motifs is 6. The third-order valence-corrected chi connectivity index (χ3v) is 15.2. The number of aliphatic hydroxyl groups excluding tert-OH is 1. The minimum absolute atomic E-state index is 0.00694. The van der Waals surface area contributed by atoms with Crippen LogP contribution in [-0.4, -0.2) is 88.2 Å². The Balaban J connectivity index is 0.00000162. The normalized spacial score (nSPS) is 41.6. The Morgan fingerprint density at radius 3 is 2.16 bits per heavy atom. The van der Waals surface area contributed by atoms with Crippen LogP contribution in [0.3, 0.4) is 0 Å². The standard InChI is InChI=1S/C41H73N6O.2ClH.Mn/c1-30(35-14-15-36-34-13-12-31-28-33(48)16-18-40(31,2)37(34)17-19-41(35,36)3)8-6-20-42-21-7-9-32-29-47-39-11-5-4-10-38(39)46-27-25-44-23-22-43-24-26-45-32;;;/h30-39,42,48H,4-29H2,1-3H3;2*1H;/q-5;;;+2/p-2/t30-,31?,32+,33-,34?,35-,36?,37?,38-,39-,40+,41-;;;/m1.../s1. The summed E-state index contributed by atoms with van der Waals surface area (Å²) in [5, 5.41) is 38.8. The first-order chi connectivity index (χ1) is 24.8. The van der Waals surface area contributed by atoms with E-state index in [-0.39, 0.29) is 19.2 Å². The summed E-state index contributed by atoms with van der Waals surface area (Å²) in [4.78, 5) is 0. The molecule has 5 saturated carbocycles. The van der Waals surface area contributed by atoms with Gasteiger partial charge in [0.15, 0.2) is 0 Å². The van der Waals surface area contributed by atoms with Gasteiger partial charge >= 0.3 is 33.3 Å². The van der Waals surface area contributed by atoms with Crippen LogP contribution in [0.2, 0.25) is 0 Å². The summed E-state index contributed by atoms with van der Waals surface area (Å²) in [5.41, 5.74) is 1.05. The number of halogens is 2. The molecule has 1 heterocycles. The average molecular weight is 792 g/mol. The Bertz CT molecular complexity index is 986. The molecule has 2 N–H and O–H groups in total. The molecule has 0 radical (unpaired) electrons. The van der Waals surface area contributed by atoms with E-state index in [9.17, 15) is 5.11 Å². The van der Waals surface area contributed by atoms with Crippen LogP contribution in [0.4, 0.5) is 0 Å². The van der Waals surface area contributed by atoms with Crippen LogP contribution in [0, 0.1) is 46.3 Å². The molecule has 0 bridgehead atoms. The van der Waals surface area contributed by atoms with E-state index in [0.717, 1.165) is 114 Å². The summed E-state index contributed by atoms with van der Waals surface area (Å²) in [7, 11) is 9.59. The molecule has 51 heavy (non-hydrogen) atoms. The predicted molar refractivity (Wildman–Crippen MR) is 214 cm³/mol. The molecule has 7 nitrogen and oxygen atoms in total. The van der Waals surface area contributed by atoms with Crippen molar-refractivity contribution in [1.82, 2.24) is 5.32 Å². The number of rotatable bonds is 9. The molecule has 4 unspecified atom stereocenters. The Morgan fingerprint density at radius 2 is 1.39 bits per heavy atom. The van der Waals surface area contributed by atoms with Crippen LogP contribution < -0.4 is 5.32 Å². The van der Waals surface area contributed by atoms with E-state index < -0.39 is 0 Å². The molecule has 1 saturated heterocycles. The number of hydrogen-bond donors (Lipinski definition) is 2. The summed E-state index contributed by atoms with van der Waals surface area (Å²) < 4.78 is 0. The molecule has 0 amide bonds. The molecular formula is C41H73Cl2MnN6O-5. The summed E-state index contributed by atoms with van der Waals surface area (Å²) in [5.74, 6) is 5.31. The van der Waals surface area contributed by atoms with Gasteiger partial charge in [0.05, 0.1) is 6.10 Å². The van der Waals surface area contributed by atoms with Gasteiger partial charge in [0.2, 0.25) is 0 Å². The van der Waals surface area contributed by atoms with Crippen LogP contribution in [0.5, 0.6) is 0 Å². The van der Waals surface area contributed by atoms with Crippen LogP contribution >= 0.6 is 20.2 Å². The molecule has 1 aliphatic heterocycles. The van der Waals surface area contributed by atoms with Gasteiger partial charge in [-0.15, -0.1) is 0 Å². The summed E-state index contributed by atoms with van der Waals surface area (Å²) in [6, 6.07) is 1.12. The molecule has 5 aliphatic carbocycles. The van der Waals surface area contributed by atoms with E-state index in [1.165, 1.54) is 89.9 Å². The fourth-order valence-corrected chi connectivity index (χ4v) is 12.5. The fourth-order valence-electron chi connectivity index (χ4n) is 12.5. The van der Waals surface area contributed by atoms with Crippen molar-refractivity contribution < 1.29 is 18.2 Å². The maximum atomic E-state index is 10.4. The molecule has 6 fully saturated rings. The first-order valence-electron chi connectivity index (χ1n) is 21.3. The molecule has 0 spiro atoms. The Labute approximate surface area is 328 Å². The van der Waals surface area contributed by atoms with Crippen molar-refractivity contribution in [1.29, 1.82) is 0 Å². The van der Waals surface area contributed by atoms with Gasteiger partial charge in [-0.1, -0.05) is 52.9 Å². The second-order valence-electron chi connectivity index (χ2n) is 18.0. The molecule has 12 atom stereocenters. The van der Waals surface area contributed by atoms with E-state index in [0.29, 0.717) is 29.0 Å². The second kappa shape index (κ2) is 21.9. The van der Waals surface area contributed by atoms with Gasteiger partial charge in [-0.05, 0) is 136 Å². The molecule has 10 heteroatoms. The van der Waals surface area contributed by atoms with Crippen molar-refractivity contribution in [2.24, 2.45) is 46.3 Å². The fraction of sp³-hybridized carbons (Fsp3) is 1.00. The summed E-state index contributed by atoms with van der Waals surface area (Å²) in [6.07, 6.45) is 22.0. The van der Waals surface area contributed by atoms with Gasteiger partial charge in [-0.2, -0.15) is 63.9 Å². The maximum absolute atomic E-state index is 10.4. The van der Waals surface area contributed by atoms with E-state index in [2.05, 4.69) is 36.7 Å². The first kappa shape index (κ1) is 43.0. The average Bonchev–Trinajstić information content (AvgIpc) is 3.48. The molecule has 0 aromatic rings. The molecule has 6 aliphatic rings. The molecule has 0 aromatic heterocycles. The van der Waals surface area contributed by atoms with Crippen LogP contribution in [0.25, 0.3) is 26.6 Å². The van der Waals surface area contributed by atoms with Gasteiger partial charge < -0.3 is 37.0 Å². The van der Waals surface area contributed by atoms with Crippen molar-refractivity contribution >= 4 is 20.2 Å². The summed E-state index contributed by atoms with van der Waals surface area (Å²) >= 11 is 0.00694.